The molecular formula is C76H60N4. The van der Waals surface area contributed by atoms with Gasteiger partial charge in [-0.1, -0.05) is 218 Å². The second-order valence-electron chi connectivity index (χ2n) is 19.1. The second kappa shape index (κ2) is 25.9. The highest BCUT2D eigenvalue weighted by atomic mass is 15.2. The molecule has 0 N–H and O–H groups in total. The van der Waals surface area contributed by atoms with E-state index in [2.05, 4.69) is 335 Å². The van der Waals surface area contributed by atoms with Crippen molar-refractivity contribution < 1.29 is 0 Å². The van der Waals surface area contributed by atoms with Gasteiger partial charge >= 0.3 is 0 Å². The number of anilines is 12. The Morgan fingerprint density at radius 1 is 0.125 bits per heavy atom. The van der Waals surface area contributed by atoms with E-state index >= 15 is 0 Å². The van der Waals surface area contributed by atoms with E-state index in [1.54, 1.807) is 0 Å². The van der Waals surface area contributed by atoms with Gasteiger partial charge in [-0.25, -0.2) is 0 Å². The van der Waals surface area contributed by atoms with Gasteiger partial charge in [0.1, 0.15) is 0 Å². The molecule has 0 heterocycles. The standard InChI is InChI=1S/2C38H30N2/c2*1-5-13-33(14-6-1)39(34-15-7-2-8-16-34)37-27-23-31(24-28-37)21-22-32-25-29-38(30-26-32)40(35-17-9-3-10-18-35)36-19-11-4-12-20-36/h2*1-30H/b2*22-21+. The molecule has 12 aromatic rings. The molecule has 0 aliphatic carbocycles. The third-order valence-corrected chi connectivity index (χ3v) is 13.7. The van der Waals surface area contributed by atoms with Crippen molar-refractivity contribution in [3.63, 3.8) is 0 Å². The maximum Gasteiger partial charge on any atom is 0.0462 e. The summed E-state index contributed by atoms with van der Waals surface area (Å²) in [6.45, 7) is 0. The summed E-state index contributed by atoms with van der Waals surface area (Å²) in [5.74, 6) is 0. The van der Waals surface area contributed by atoms with E-state index in [9.17, 15) is 0 Å². The van der Waals surface area contributed by atoms with E-state index in [0.717, 1.165) is 90.5 Å². The molecule has 4 heteroatoms. The first-order valence-corrected chi connectivity index (χ1v) is 27.1. The molecule has 0 atom stereocenters. The number of nitrogens with zero attached hydrogens (tertiary/aromatic N) is 4. The van der Waals surface area contributed by atoms with Gasteiger partial charge in [0, 0.05) is 68.2 Å². The van der Waals surface area contributed by atoms with Gasteiger partial charge < -0.3 is 19.6 Å². The lowest BCUT2D eigenvalue weighted by Crippen LogP contribution is -2.09. The zero-order chi connectivity index (χ0) is 54.0. The molecule has 0 aliphatic rings. The van der Waals surface area contributed by atoms with Crippen LogP contribution in [0.2, 0.25) is 0 Å². The Hall–Kier alpha value is -10.7. The minimum Gasteiger partial charge on any atom is -0.311 e. The van der Waals surface area contributed by atoms with Crippen LogP contribution in [0.3, 0.4) is 0 Å². The zero-order valence-electron chi connectivity index (χ0n) is 44.4. The molecule has 0 saturated heterocycles. The van der Waals surface area contributed by atoms with Gasteiger partial charge in [-0.05, 0) is 168 Å². The quantitative estimate of drug-likeness (QED) is 0.0894. The van der Waals surface area contributed by atoms with Crippen molar-refractivity contribution in [1.82, 2.24) is 0 Å². The third-order valence-electron chi connectivity index (χ3n) is 13.7. The van der Waals surface area contributed by atoms with Gasteiger partial charge in [0.25, 0.3) is 0 Å². The summed E-state index contributed by atoms with van der Waals surface area (Å²) >= 11 is 0. The first-order valence-electron chi connectivity index (χ1n) is 27.1. The van der Waals surface area contributed by atoms with Crippen molar-refractivity contribution in [3.8, 4) is 0 Å². The summed E-state index contributed by atoms with van der Waals surface area (Å²) in [5, 5.41) is 0. The average Bonchev–Trinajstić information content (AvgIpc) is 3.54. The van der Waals surface area contributed by atoms with Crippen LogP contribution in [0.15, 0.2) is 340 Å². The zero-order valence-corrected chi connectivity index (χ0v) is 44.4. The molecule has 12 aromatic carbocycles. The molecule has 384 valence electrons. The number of benzene rings is 12. The fraction of sp³-hybridized carbons (Fsp3) is 0. The van der Waals surface area contributed by atoms with E-state index in [-0.39, 0.29) is 0 Å². The monoisotopic (exact) mass is 1030 g/mol. The van der Waals surface area contributed by atoms with Crippen LogP contribution in [0.1, 0.15) is 22.3 Å². The Bertz CT molecular complexity index is 3130. The fourth-order valence-electron chi connectivity index (χ4n) is 9.73. The van der Waals surface area contributed by atoms with Gasteiger partial charge in [0.2, 0.25) is 0 Å². The Balaban J connectivity index is 0.000000169. The van der Waals surface area contributed by atoms with Crippen LogP contribution in [0.5, 0.6) is 0 Å². The van der Waals surface area contributed by atoms with Crippen LogP contribution in [-0.4, -0.2) is 0 Å². The lowest BCUT2D eigenvalue weighted by Gasteiger charge is -2.25. The molecule has 12 rings (SSSR count). The molecule has 0 bridgehead atoms. The summed E-state index contributed by atoms with van der Waals surface area (Å²) in [7, 11) is 0. The molecule has 0 aliphatic heterocycles. The second-order valence-corrected chi connectivity index (χ2v) is 19.1. The largest absolute Gasteiger partial charge is 0.311 e. The molecule has 0 radical (unpaired) electrons. The van der Waals surface area contributed by atoms with Crippen LogP contribution in [-0.2, 0) is 0 Å². The van der Waals surface area contributed by atoms with Crippen molar-refractivity contribution >= 4 is 92.6 Å². The van der Waals surface area contributed by atoms with Crippen LogP contribution >= 0.6 is 0 Å². The Kier molecular flexibility index (Phi) is 16.7. The Labute approximate surface area is 471 Å². The van der Waals surface area contributed by atoms with Gasteiger partial charge in [-0.15, -0.1) is 0 Å². The smallest absolute Gasteiger partial charge is 0.0462 e. The normalized spacial score (nSPS) is 10.9. The van der Waals surface area contributed by atoms with Crippen molar-refractivity contribution in [2.75, 3.05) is 19.6 Å². The molecule has 4 nitrogen and oxygen atoms in total. The van der Waals surface area contributed by atoms with Crippen molar-refractivity contribution in [2.45, 2.75) is 0 Å². The van der Waals surface area contributed by atoms with E-state index < -0.39 is 0 Å². The van der Waals surface area contributed by atoms with Gasteiger partial charge in [-0.3, -0.25) is 0 Å². The SMILES string of the molecule is C(=C\c1ccc(N(c2ccccc2)c2ccccc2)cc1)/c1ccc(N(c2ccccc2)c2ccccc2)cc1.C(=C\c1ccc(N(c2ccccc2)c2ccccc2)cc1)/c1ccc(N(c2ccccc2)c2ccccc2)cc1. The Morgan fingerprint density at radius 3 is 0.362 bits per heavy atom. The van der Waals surface area contributed by atoms with Crippen LogP contribution in [0.4, 0.5) is 68.2 Å². The molecule has 0 spiro atoms. The van der Waals surface area contributed by atoms with E-state index in [1.165, 1.54) is 0 Å². The van der Waals surface area contributed by atoms with Crippen LogP contribution in [0.25, 0.3) is 24.3 Å². The molecule has 0 saturated carbocycles. The topological polar surface area (TPSA) is 13.0 Å². The highest BCUT2D eigenvalue weighted by Crippen LogP contribution is 2.38. The van der Waals surface area contributed by atoms with Crippen molar-refractivity contribution in [2.24, 2.45) is 0 Å². The number of rotatable bonds is 16. The summed E-state index contributed by atoms with van der Waals surface area (Å²) in [6.07, 6.45) is 8.67. The highest BCUT2D eigenvalue weighted by molar-refractivity contribution is 5.82. The van der Waals surface area contributed by atoms with Crippen molar-refractivity contribution in [3.05, 3.63) is 362 Å². The van der Waals surface area contributed by atoms with Gasteiger partial charge in [0.15, 0.2) is 0 Å². The summed E-state index contributed by atoms with van der Waals surface area (Å²) in [5.41, 5.74) is 18.2. The van der Waals surface area contributed by atoms with E-state index in [0.29, 0.717) is 0 Å². The first-order chi connectivity index (χ1) is 39.7. The van der Waals surface area contributed by atoms with Crippen molar-refractivity contribution in [1.29, 1.82) is 0 Å². The first kappa shape index (κ1) is 51.4. The van der Waals surface area contributed by atoms with Crippen LogP contribution in [0, 0.1) is 0 Å². The number of para-hydroxylation sites is 8. The lowest BCUT2D eigenvalue weighted by molar-refractivity contribution is 1.28. The molecule has 80 heavy (non-hydrogen) atoms. The fourth-order valence-corrected chi connectivity index (χ4v) is 9.73. The highest BCUT2D eigenvalue weighted by Gasteiger charge is 2.15. The maximum atomic E-state index is 2.28. The van der Waals surface area contributed by atoms with E-state index in [4.69, 9.17) is 0 Å². The Morgan fingerprint density at radius 2 is 0.237 bits per heavy atom. The molecule has 0 fully saturated rings. The molecule has 0 aromatic heterocycles. The summed E-state index contributed by atoms with van der Waals surface area (Å²) < 4.78 is 0. The van der Waals surface area contributed by atoms with Crippen LogP contribution < -0.4 is 19.6 Å². The summed E-state index contributed by atoms with van der Waals surface area (Å²) in [4.78, 5) is 9.10. The maximum absolute atomic E-state index is 2.28. The predicted octanol–water partition coefficient (Wildman–Crippen LogP) is 21.6. The predicted molar refractivity (Wildman–Crippen MR) is 342 cm³/mol. The minimum absolute atomic E-state index is 1.13. The molecule has 0 amide bonds. The number of hydrogen-bond acceptors (Lipinski definition) is 4. The average molecular weight is 1030 g/mol. The third kappa shape index (κ3) is 12.9. The van der Waals surface area contributed by atoms with Gasteiger partial charge in [0.05, 0.1) is 0 Å². The summed E-state index contributed by atoms with van der Waals surface area (Å²) in [6, 6.07) is 119. The minimum atomic E-state index is 1.13. The molecular weight excluding hydrogens is 969 g/mol. The van der Waals surface area contributed by atoms with Gasteiger partial charge in [-0.2, -0.15) is 0 Å². The van der Waals surface area contributed by atoms with E-state index in [1.807, 2.05) is 48.5 Å². The lowest BCUT2D eigenvalue weighted by atomic mass is 10.1. The number of hydrogen-bond donors (Lipinski definition) is 0. The molecule has 0 unspecified atom stereocenters.